The highest BCUT2D eigenvalue weighted by Crippen LogP contribution is 2.36. The summed E-state index contributed by atoms with van der Waals surface area (Å²) in [5, 5.41) is 9.12. The van der Waals surface area contributed by atoms with Gasteiger partial charge in [0.05, 0.1) is 11.8 Å². The van der Waals surface area contributed by atoms with Crippen LogP contribution in [-0.4, -0.2) is 23.1 Å². The van der Waals surface area contributed by atoms with Gasteiger partial charge in [-0.15, -0.1) is 0 Å². The Bertz CT molecular complexity index is 377. The van der Waals surface area contributed by atoms with Crippen molar-refractivity contribution < 1.29 is 19.4 Å². The Labute approximate surface area is 134 Å². The monoisotopic (exact) mass is 312 g/mol. The molecule has 0 aromatic heterocycles. The predicted molar refractivity (Wildman–Crippen MR) is 86.4 cm³/mol. The minimum atomic E-state index is -0.825. The molecular weight excluding hydrogens is 280 g/mol. The van der Waals surface area contributed by atoms with E-state index in [4.69, 9.17) is 9.84 Å². The topological polar surface area (TPSA) is 63.6 Å². The van der Waals surface area contributed by atoms with Crippen molar-refractivity contribution in [1.82, 2.24) is 0 Å². The van der Waals surface area contributed by atoms with Gasteiger partial charge in [-0.25, -0.2) is 0 Å². The van der Waals surface area contributed by atoms with Crippen molar-refractivity contribution in [1.29, 1.82) is 0 Å². The third kappa shape index (κ3) is 5.29. The quantitative estimate of drug-likeness (QED) is 0.718. The van der Waals surface area contributed by atoms with E-state index >= 15 is 0 Å². The van der Waals surface area contributed by atoms with E-state index in [-0.39, 0.29) is 18.0 Å². The zero-order chi connectivity index (χ0) is 16.9. The first-order valence-electron chi connectivity index (χ1n) is 8.69. The number of ether oxygens (including phenoxy) is 1. The Morgan fingerprint density at radius 3 is 2.36 bits per heavy atom. The van der Waals surface area contributed by atoms with Gasteiger partial charge in [0.25, 0.3) is 0 Å². The molecule has 1 fully saturated rings. The fourth-order valence-corrected chi connectivity index (χ4v) is 3.48. The Hall–Kier alpha value is -1.06. The van der Waals surface area contributed by atoms with Crippen LogP contribution in [0.15, 0.2) is 0 Å². The normalized spacial score (nSPS) is 28.2. The van der Waals surface area contributed by atoms with Crippen molar-refractivity contribution in [3.05, 3.63) is 0 Å². The van der Waals surface area contributed by atoms with Crippen LogP contribution >= 0.6 is 0 Å². The summed E-state index contributed by atoms with van der Waals surface area (Å²) in [6.45, 7) is 10.2. The van der Waals surface area contributed by atoms with E-state index in [1.165, 1.54) is 6.42 Å². The SMILES string of the molecule is CCC(CC(C)C(=O)OC1CC(C)CCC1C(C)C)C(=O)O. The second kappa shape index (κ2) is 8.54. The van der Waals surface area contributed by atoms with Crippen LogP contribution in [0.5, 0.6) is 0 Å². The molecule has 0 aliphatic heterocycles. The van der Waals surface area contributed by atoms with Crippen LogP contribution in [0.2, 0.25) is 0 Å². The highest BCUT2D eigenvalue weighted by Gasteiger charge is 2.34. The Kier molecular flexibility index (Phi) is 7.37. The third-order valence-corrected chi connectivity index (χ3v) is 5.11. The lowest BCUT2D eigenvalue weighted by Crippen LogP contribution is -2.37. The number of hydrogen-bond acceptors (Lipinski definition) is 3. The molecule has 4 heteroatoms. The molecule has 22 heavy (non-hydrogen) atoms. The van der Waals surface area contributed by atoms with Gasteiger partial charge in [0.15, 0.2) is 0 Å². The largest absolute Gasteiger partial charge is 0.481 e. The standard InChI is InChI=1S/C18H32O4/c1-6-14(17(19)20)10-13(5)18(21)22-16-9-12(4)7-8-15(16)11(2)3/h11-16H,6-10H2,1-5H3,(H,19,20). The summed E-state index contributed by atoms with van der Waals surface area (Å²) >= 11 is 0. The van der Waals surface area contributed by atoms with Gasteiger partial charge in [-0.2, -0.15) is 0 Å². The first-order chi connectivity index (χ1) is 10.3. The molecule has 128 valence electrons. The lowest BCUT2D eigenvalue weighted by Gasteiger charge is -2.37. The van der Waals surface area contributed by atoms with Gasteiger partial charge in [-0.1, -0.05) is 41.0 Å². The summed E-state index contributed by atoms with van der Waals surface area (Å²) in [6, 6.07) is 0. The van der Waals surface area contributed by atoms with Gasteiger partial charge in [0, 0.05) is 0 Å². The molecule has 1 aliphatic carbocycles. The van der Waals surface area contributed by atoms with E-state index in [0.29, 0.717) is 30.6 Å². The molecule has 0 amide bonds. The molecule has 1 saturated carbocycles. The molecule has 0 aromatic rings. The zero-order valence-electron chi connectivity index (χ0n) is 14.7. The van der Waals surface area contributed by atoms with Gasteiger partial charge >= 0.3 is 11.9 Å². The summed E-state index contributed by atoms with van der Waals surface area (Å²) in [5.41, 5.74) is 0. The smallest absolute Gasteiger partial charge is 0.308 e. The van der Waals surface area contributed by atoms with E-state index < -0.39 is 11.9 Å². The molecule has 0 heterocycles. The maximum absolute atomic E-state index is 12.3. The van der Waals surface area contributed by atoms with Crippen molar-refractivity contribution in [2.45, 2.75) is 72.8 Å². The third-order valence-electron chi connectivity index (χ3n) is 5.11. The molecule has 4 nitrogen and oxygen atoms in total. The lowest BCUT2D eigenvalue weighted by molar-refractivity contribution is -0.161. The number of rotatable bonds is 7. The minimum absolute atomic E-state index is 0.0106. The van der Waals surface area contributed by atoms with Crippen LogP contribution in [0.1, 0.15) is 66.7 Å². The number of esters is 1. The van der Waals surface area contributed by atoms with Gasteiger partial charge < -0.3 is 9.84 Å². The van der Waals surface area contributed by atoms with E-state index in [1.54, 1.807) is 6.92 Å². The van der Waals surface area contributed by atoms with Crippen molar-refractivity contribution in [3.8, 4) is 0 Å². The Balaban J connectivity index is 2.62. The lowest BCUT2D eigenvalue weighted by atomic mass is 9.75. The molecule has 0 radical (unpaired) electrons. The summed E-state index contributed by atoms with van der Waals surface area (Å²) in [4.78, 5) is 23.5. The fraction of sp³-hybridized carbons (Fsp3) is 0.889. The number of carboxylic acid groups (broad SMARTS) is 1. The van der Waals surface area contributed by atoms with Crippen LogP contribution in [0.25, 0.3) is 0 Å². The van der Waals surface area contributed by atoms with E-state index in [1.807, 2.05) is 6.92 Å². The van der Waals surface area contributed by atoms with E-state index in [0.717, 1.165) is 12.8 Å². The number of carboxylic acids is 1. The Morgan fingerprint density at radius 2 is 1.86 bits per heavy atom. The van der Waals surface area contributed by atoms with Crippen molar-refractivity contribution in [2.75, 3.05) is 0 Å². The highest BCUT2D eigenvalue weighted by molar-refractivity contribution is 5.74. The first kappa shape index (κ1) is 19.0. The molecule has 1 N–H and O–H groups in total. The highest BCUT2D eigenvalue weighted by atomic mass is 16.5. The van der Waals surface area contributed by atoms with Gasteiger partial charge in [-0.05, 0) is 43.4 Å². The molecule has 1 rings (SSSR count). The van der Waals surface area contributed by atoms with Crippen LogP contribution in [0.3, 0.4) is 0 Å². The molecule has 5 unspecified atom stereocenters. The van der Waals surface area contributed by atoms with Gasteiger partial charge in [0.2, 0.25) is 0 Å². The van der Waals surface area contributed by atoms with Crippen LogP contribution in [0, 0.1) is 29.6 Å². The number of carbonyl (C=O) groups excluding carboxylic acids is 1. The molecule has 0 saturated heterocycles. The average Bonchev–Trinajstić information content (AvgIpc) is 2.43. The molecule has 1 aliphatic rings. The van der Waals surface area contributed by atoms with Crippen molar-refractivity contribution in [3.63, 3.8) is 0 Å². The van der Waals surface area contributed by atoms with Gasteiger partial charge in [-0.3, -0.25) is 9.59 Å². The van der Waals surface area contributed by atoms with Crippen LogP contribution in [0.4, 0.5) is 0 Å². The Morgan fingerprint density at radius 1 is 1.23 bits per heavy atom. The predicted octanol–water partition coefficient (Wildman–Crippen LogP) is 4.13. The van der Waals surface area contributed by atoms with Crippen molar-refractivity contribution >= 4 is 11.9 Å². The maximum Gasteiger partial charge on any atom is 0.308 e. The number of aliphatic carboxylic acids is 1. The summed E-state index contributed by atoms with van der Waals surface area (Å²) < 4.78 is 5.79. The van der Waals surface area contributed by atoms with E-state index in [9.17, 15) is 9.59 Å². The number of hydrogen-bond donors (Lipinski definition) is 1. The minimum Gasteiger partial charge on any atom is -0.481 e. The fourth-order valence-electron chi connectivity index (χ4n) is 3.48. The number of carbonyl (C=O) groups is 2. The van der Waals surface area contributed by atoms with Crippen LogP contribution in [-0.2, 0) is 14.3 Å². The van der Waals surface area contributed by atoms with E-state index in [2.05, 4.69) is 20.8 Å². The first-order valence-corrected chi connectivity index (χ1v) is 8.69. The van der Waals surface area contributed by atoms with Crippen LogP contribution < -0.4 is 0 Å². The molecule has 0 spiro atoms. The summed E-state index contributed by atoms with van der Waals surface area (Å²) in [7, 11) is 0. The zero-order valence-corrected chi connectivity index (χ0v) is 14.7. The average molecular weight is 312 g/mol. The second-order valence-electron chi connectivity index (χ2n) is 7.38. The molecule has 0 bridgehead atoms. The van der Waals surface area contributed by atoms with Gasteiger partial charge in [0.1, 0.15) is 6.10 Å². The maximum atomic E-state index is 12.3. The summed E-state index contributed by atoms with van der Waals surface area (Å²) in [6.07, 6.45) is 4.13. The molecule has 5 atom stereocenters. The summed E-state index contributed by atoms with van der Waals surface area (Å²) in [5.74, 6) is -0.361. The molecular formula is C18H32O4. The second-order valence-corrected chi connectivity index (χ2v) is 7.38. The molecule has 0 aromatic carbocycles. The van der Waals surface area contributed by atoms with Crippen molar-refractivity contribution in [2.24, 2.45) is 29.6 Å².